The average molecular weight is 462 g/mol. The van der Waals surface area contributed by atoms with Crippen LogP contribution in [0.2, 0.25) is 5.02 Å². The van der Waals surface area contributed by atoms with Gasteiger partial charge in [0.2, 0.25) is 0 Å². The molecule has 114 valence electrons. The minimum Gasteiger partial charge on any atom is -1.00 e. The molecule has 0 fully saturated rings. The Hall–Kier alpha value is -0.960. The number of hydrogen-bond donors (Lipinski definition) is 1. The third-order valence-electron chi connectivity index (χ3n) is 2.79. The number of nitrogens with zero attached hydrogens (tertiary/aromatic N) is 1. The molecule has 2 N–H and O–H groups in total. The molecule has 22 heavy (non-hydrogen) atoms. The number of H-pyrrole nitrogens is 1. The molecule has 7 heteroatoms. The highest BCUT2D eigenvalue weighted by Gasteiger charge is 2.05. The van der Waals surface area contributed by atoms with Gasteiger partial charge in [-0.2, -0.15) is 0 Å². The maximum Gasteiger partial charge on any atom is 0.330 e. The Bertz CT molecular complexity index is 795. The van der Waals surface area contributed by atoms with Gasteiger partial charge < -0.3 is 24.0 Å². The van der Waals surface area contributed by atoms with Gasteiger partial charge in [0.15, 0.2) is 0 Å². The number of aromatic amines is 1. The van der Waals surface area contributed by atoms with E-state index in [1.54, 1.807) is 20.7 Å². The molecule has 3 rings (SSSR count). The molecular weight excluding hydrogens is 449 g/mol. The van der Waals surface area contributed by atoms with Crippen molar-refractivity contribution in [1.29, 1.82) is 0 Å². The average Bonchev–Trinajstić information content (AvgIpc) is 2.91. The third-order valence-corrected chi connectivity index (χ3v) is 5.07. The maximum absolute atomic E-state index is 5.87. The lowest BCUT2D eigenvalue weighted by molar-refractivity contribution is -0.372. The molecule has 2 aromatic carbocycles. The third kappa shape index (κ3) is 4.77. The lowest BCUT2D eigenvalue weighted by atomic mass is 10.2. The molecule has 3 aromatic rings. The number of nitrogens with one attached hydrogen (secondary N) is 2. The van der Waals surface area contributed by atoms with E-state index in [2.05, 4.69) is 34.3 Å². The van der Waals surface area contributed by atoms with Gasteiger partial charge in [0.1, 0.15) is 5.69 Å². The van der Waals surface area contributed by atoms with Crippen LogP contribution in [0.15, 0.2) is 53.5 Å². The minimum atomic E-state index is 0. The predicted octanol–water partition coefficient (Wildman–Crippen LogP) is 1.57. The zero-order valence-corrected chi connectivity index (χ0v) is 16.2. The molecule has 0 aliphatic heterocycles. The lowest BCUT2D eigenvalue weighted by Gasteiger charge is -1.96. The van der Waals surface area contributed by atoms with Gasteiger partial charge in [-0.25, -0.2) is 4.98 Å². The van der Waals surface area contributed by atoms with Gasteiger partial charge in [-0.3, -0.25) is 5.32 Å². The van der Waals surface area contributed by atoms with Crippen LogP contribution in [0.3, 0.4) is 0 Å². The summed E-state index contributed by atoms with van der Waals surface area (Å²) in [5.74, 6) is 0. The van der Waals surface area contributed by atoms with Crippen LogP contribution in [0.5, 0.6) is 0 Å². The van der Waals surface area contributed by atoms with Crippen molar-refractivity contribution in [2.45, 2.75) is 6.92 Å². The molecule has 0 unspecified atom stereocenters. The van der Waals surface area contributed by atoms with Crippen LogP contribution >= 0.6 is 32.3 Å². The number of aromatic nitrogens is 1. The molecular formula is C15H13ClIN3S2. The summed E-state index contributed by atoms with van der Waals surface area (Å²) >= 11 is 5.87. The molecule has 1 aromatic heterocycles. The Labute approximate surface area is 158 Å². The maximum atomic E-state index is 5.87. The first-order valence-electron chi connectivity index (χ1n) is 6.35. The van der Waals surface area contributed by atoms with Crippen molar-refractivity contribution in [3.63, 3.8) is 0 Å². The number of aryl methyl sites for hydroxylation is 1. The zero-order valence-electron chi connectivity index (χ0n) is 11.6. The van der Waals surface area contributed by atoms with Crippen molar-refractivity contribution in [2.75, 3.05) is 5.32 Å². The van der Waals surface area contributed by atoms with Gasteiger partial charge in [-0.15, -0.1) is 0 Å². The van der Waals surface area contributed by atoms with Crippen LogP contribution in [0.4, 0.5) is 16.5 Å². The van der Waals surface area contributed by atoms with Crippen molar-refractivity contribution in [2.24, 2.45) is 4.99 Å². The van der Waals surface area contributed by atoms with Crippen LogP contribution < -0.4 is 39.1 Å². The largest absolute Gasteiger partial charge is 1.00 e. The molecule has 0 bridgehead atoms. The second-order valence-corrected chi connectivity index (χ2v) is 7.07. The molecule has 0 aliphatic carbocycles. The summed E-state index contributed by atoms with van der Waals surface area (Å²) in [6, 6.07) is 15.7. The van der Waals surface area contributed by atoms with Gasteiger partial charge >= 0.3 is 4.80 Å². The predicted molar refractivity (Wildman–Crippen MR) is 89.9 cm³/mol. The summed E-state index contributed by atoms with van der Waals surface area (Å²) in [6.07, 6.45) is 0. The normalized spacial score (nSPS) is 11.1. The van der Waals surface area contributed by atoms with Crippen LogP contribution in [0.1, 0.15) is 5.56 Å². The topological polar surface area (TPSA) is 38.5 Å². The van der Waals surface area contributed by atoms with Crippen molar-refractivity contribution in [3.8, 4) is 0 Å². The van der Waals surface area contributed by atoms with E-state index in [1.807, 2.05) is 36.4 Å². The molecule has 0 aliphatic rings. The fourth-order valence-corrected chi connectivity index (χ4v) is 3.63. The van der Waals surface area contributed by atoms with Gasteiger partial charge in [-0.1, -0.05) is 34.3 Å². The minimum absolute atomic E-state index is 0. The first kappa shape index (κ1) is 17.4. The Morgan fingerprint density at radius 1 is 1.00 bits per heavy atom. The lowest BCUT2D eigenvalue weighted by Crippen LogP contribution is -3.00. The molecule has 0 saturated heterocycles. The monoisotopic (exact) mass is 461 g/mol. The van der Waals surface area contributed by atoms with E-state index < -0.39 is 0 Å². The fourth-order valence-electron chi connectivity index (χ4n) is 1.72. The van der Waals surface area contributed by atoms with Crippen LogP contribution in [-0.4, -0.2) is 0 Å². The van der Waals surface area contributed by atoms with E-state index in [-0.39, 0.29) is 24.0 Å². The van der Waals surface area contributed by atoms with E-state index in [1.165, 1.54) is 5.56 Å². The summed E-state index contributed by atoms with van der Waals surface area (Å²) in [5, 5.41) is 4.98. The molecule has 0 atom stereocenters. The Kier molecular flexibility index (Phi) is 6.37. The van der Waals surface area contributed by atoms with Crippen molar-refractivity contribution in [1.82, 2.24) is 0 Å². The summed E-state index contributed by atoms with van der Waals surface area (Å²) < 4.78 is 0. The summed E-state index contributed by atoms with van der Waals surface area (Å²) in [4.78, 5) is 8.71. The van der Waals surface area contributed by atoms with Crippen molar-refractivity contribution >= 4 is 48.8 Å². The number of anilines is 2. The first-order chi connectivity index (χ1) is 10.2. The van der Waals surface area contributed by atoms with Crippen molar-refractivity contribution in [3.05, 3.63) is 63.9 Å². The number of benzene rings is 2. The summed E-state index contributed by atoms with van der Waals surface area (Å²) in [7, 11) is 3.22. The second kappa shape index (κ2) is 8.05. The van der Waals surface area contributed by atoms with E-state index in [4.69, 9.17) is 11.6 Å². The number of rotatable bonds is 3. The van der Waals surface area contributed by atoms with Crippen LogP contribution in [-0.2, 0) is 0 Å². The van der Waals surface area contributed by atoms with Crippen molar-refractivity contribution < 1.29 is 29.0 Å². The van der Waals surface area contributed by atoms with E-state index in [9.17, 15) is 0 Å². The van der Waals surface area contributed by atoms with Gasteiger partial charge in [0, 0.05) is 5.02 Å². The zero-order chi connectivity index (χ0) is 14.7. The summed E-state index contributed by atoms with van der Waals surface area (Å²) in [5.41, 5.74) is 3.17. The smallest absolute Gasteiger partial charge is 0.330 e. The fraction of sp³-hybridized carbons (Fsp3) is 0.0667. The molecule has 3 nitrogen and oxygen atoms in total. The number of hydrogen-bond acceptors (Lipinski definition) is 4. The summed E-state index contributed by atoms with van der Waals surface area (Å²) in [6.45, 7) is 2.07. The number of halogens is 2. The van der Waals surface area contributed by atoms with Gasteiger partial charge in [-0.05, 0) is 64.0 Å². The van der Waals surface area contributed by atoms with E-state index in [0.717, 1.165) is 26.3 Å². The highest BCUT2D eigenvalue weighted by Crippen LogP contribution is 2.19. The highest BCUT2D eigenvalue weighted by molar-refractivity contribution is 7.69. The molecule has 0 spiro atoms. The van der Waals surface area contributed by atoms with Crippen LogP contribution in [0.25, 0.3) is 0 Å². The Morgan fingerprint density at radius 3 is 2.36 bits per heavy atom. The quantitative estimate of drug-likeness (QED) is 0.467. The van der Waals surface area contributed by atoms with Gasteiger partial charge in [0.05, 0.1) is 5.69 Å². The van der Waals surface area contributed by atoms with Gasteiger partial charge in [0.25, 0.3) is 5.13 Å². The van der Waals surface area contributed by atoms with E-state index in [0.29, 0.717) is 0 Å². The first-order valence-corrected chi connectivity index (χ1v) is 8.88. The van der Waals surface area contributed by atoms with Crippen LogP contribution in [0, 0.1) is 6.92 Å². The Morgan fingerprint density at radius 2 is 1.68 bits per heavy atom. The SMILES string of the molecule is Cc1ccc(N=c2[nH+]c(Nc3ccc(Cl)cc3)ss2)cc1.[I-]. The molecule has 0 radical (unpaired) electrons. The van der Waals surface area contributed by atoms with E-state index >= 15 is 0 Å². The molecule has 1 heterocycles. The standard InChI is InChI=1S/C15H12ClN3S2.HI/c1-10-2-6-12(7-3-10)17-14-19-15(21-20-14)18-13-8-4-11(16)5-9-13;/h2-9H,1H3,(H,17,18,19);1H. The second-order valence-electron chi connectivity index (χ2n) is 4.51. The Balaban J connectivity index is 0.00000176. The molecule has 0 amide bonds. The molecule has 0 saturated carbocycles. The highest BCUT2D eigenvalue weighted by atomic mass is 127.